The van der Waals surface area contributed by atoms with Gasteiger partial charge >= 0.3 is 0 Å². The molecular formula is C25H16BrClIN3O3S. The van der Waals surface area contributed by atoms with Crippen molar-refractivity contribution in [3.8, 4) is 0 Å². The third-order valence-corrected chi connectivity index (χ3v) is 8.79. The van der Waals surface area contributed by atoms with Gasteiger partial charge in [-0.3, -0.25) is 14.2 Å². The fourth-order valence-electron chi connectivity index (χ4n) is 3.86. The topological polar surface area (TPSA) is 76.6 Å². The van der Waals surface area contributed by atoms with Crippen molar-refractivity contribution in [2.75, 3.05) is 5.32 Å². The summed E-state index contributed by atoms with van der Waals surface area (Å²) in [5, 5.41) is 3.50. The lowest BCUT2D eigenvalue weighted by molar-refractivity contribution is -0.113. The number of amides is 1. The molecule has 6 nitrogen and oxygen atoms in total. The van der Waals surface area contributed by atoms with E-state index in [1.165, 1.54) is 11.3 Å². The van der Waals surface area contributed by atoms with E-state index in [0.29, 0.717) is 40.8 Å². The number of allylic oxidation sites excluding steroid dienone is 1. The van der Waals surface area contributed by atoms with E-state index in [2.05, 4.69) is 48.8 Å². The van der Waals surface area contributed by atoms with Crippen LogP contribution in [0.25, 0.3) is 6.08 Å². The molecule has 0 aliphatic carbocycles. The number of thiazole rings is 1. The Labute approximate surface area is 230 Å². The number of carbonyl (C=O) groups excluding carboxylic acids is 1. The molecule has 10 heteroatoms. The molecular weight excluding hydrogens is 665 g/mol. The number of furan rings is 1. The zero-order chi connectivity index (χ0) is 24.7. The predicted molar refractivity (Wildman–Crippen MR) is 149 cm³/mol. The lowest BCUT2D eigenvalue weighted by Gasteiger charge is -2.25. The molecule has 0 saturated carbocycles. The minimum atomic E-state index is -0.669. The van der Waals surface area contributed by atoms with Crippen molar-refractivity contribution in [3.05, 3.63) is 116 Å². The maximum absolute atomic E-state index is 13.6. The molecule has 1 aliphatic rings. The molecule has 35 heavy (non-hydrogen) atoms. The zero-order valence-electron chi connectivity index (χ0n) is 18.1. The third kappa shape index (κ3) is 4.82. The fourth-order valence-corrected chi connectivity index (χ4v) is 5.73. The average molecular weight is 681 g/mol. The quantitative estimate of drug-likeness (QED) is 0.290. The van der Waals surface area contributed by atoms with Crippen LogP contribution in [0.3, 0.4) is 0 Å². The van der Waals surface area contributed by atoms with E-state index >= 15 is 0 Å². The van der Waals surface area contributed by atoms with Crippen molar-refractivity contribution in [3.63, 3.8) is 0 Å². The standard InChI is InChI=1S/C25H16BrClIN3O3S/c1-13-20(23(32)30-16-5-3-2-4-6-16)21(14-7-9-15(27)10-8-14)31-24(33)19(35-25(31)29-13)12-17-11-18(26)22(28)34-17/h2-12,21H,1H3,(H,30,32)/b19-12+/t21-/m0/s1. The number of fused-ring (bicyclic) bond motifs is 1. The van der Waals surface area contributed by atoms with E-state index in [1.54, 1.807) is 35.8 Å². The van der Waals surface area contributed by atoms with Crippen LogP contribution < -0.4 is 20.2 Å². The second-order valence-electron chi connectivity index (χ2n) is 7.72. The number of nitrogens with zero attached hydrogens (tertiary/aromatic N) is 2. The van der Waals surface area contributed by atoms with Crippen LogP contribution in [0.5, 0.6) is 0 Å². The average Bonchev–Trinajstić information content (AvgIpc) is 3.31. The summed E-state index contributed by atoms with van der Waals surface area (Å²) in [6.45, 7) is 1.78. The third-order valence-electron chi connectivity index (χ3n) is 5.42. The van der Waals surface area contributed by atoms with Gasteiger partial charge in [-0.25, -0.2) is 4.99 Å². The van der Waals surface area contributed by atoms with Gasteiger partial charge in [0.05, 0.1) is 26.3 Å². The van der Waals surface area contributed by atoms with Crippen LogP contribution in [0.1, 0.15) is 24.3 Å². The highest BCUT2D eigenvalue weighted by Gasteiger charge is 2.32. The number of benzene rings is 2. The number of anilines is 1. The normalized spacial score (nSPS) is 15.7. The van der Waals surface area contributed by atoms with Gasteiger partial charge in [0.25, 0.3) is 11.5 Å². The number of hydrogen-bond acceptors (Lipinski definition) is 5. The molecule has 1 N–H and O–H groups in total. The molecule has 176 valence electrons. The Kier molecular flexibility index (Phi) is 6.84. The van der Waals surface area contributed by atoms with Crippen molar-refractivity contribution in [1.29, 1.82) is 0 Å². The van der Waals surface area contributed by atoms with E-state index in [1.807, 2.05) is 42.5 Å². The first-order chi connectivity index (χ1) is 16.8. The summed E-state index contributed by atoms with van der Waals surface area (Å²) in [6.07, 6.45) is 1.69. The SMILES string of the molecule is CC1=C(C(=O)Nc2ccccc2)[C@H](c2ccc(Cl)cc2)n2c(s/c(=C/c3cc(Br)c(I)o3)c2=O)=N1. The van der Waals surface area contributed by atoms with Gasteiger partial charge in [0.2, 0.25) is 0 Å². The molecule has 0 spiro atoms. The van der Waals surface area contributed by atoms with Crippen LogP contribution >= 0.6 is 61.5 Å². The van der Waals surface area contributed by atoms with Crippen molar-refractivity contribution >= 4 is 79.1 Å². The molecule has 0 fully saturated rings. The number of carbonyl (C=O) groups is 1. The van der Waals surface area contributed by atoms with E-state index in [-0.39, 0.29) is 11.5 Å². The number of nitrogens with one attached hydrogen (secondary N) is 1. The van der Waals surface area contributed by atoms with Crippen LogP contribution in [-0.2, 0) is 4.79 Å². The summed E-state index contributed by atoms with van der Waals surface area (Å²) in [4.78, 5) is 32.3. The van der Waals surface area contributed by atoms with Crippen LogP contribution in [-0.4, -0.2) is 10.5 Å². The zero-order valence-corrected chi connectivity index (χ0v) is 23.4. The molecule has 2 aromatic heterocycles. The maximum atomic E-state index is 13.6. The Morgan fingerprint density at radius 3 is 2.60 bits per heavy atom. The minimum absolute atomic E-state index is 0.256. The lowest BCUT2D eigenvalue weighted by atomic mass is 9.95. The minimum Gasteiger partial charge on any atom is -0.450 e. The van der Waals surface area contributed by atoms with Gasteiger partial charge in [-0.15, -0.1) is 0 Å². The summed E-state index contributed by atoms with van der Waals surface area (Å²) in [5.41, 5.74) is 2.09. The van der Waals surface area contributed by atoms with Gasteiger partial charge in [-0.1, -0.05) is 53.3 Å². The summed E-state index contributed by atoms with van der Waals surface area (Å²) in [6, 6.07) is 17.5. The Morgan fingerprint density at radius 2 is 1.94 bits per heavy atom. The maximum Gasteiger partial charge on any atom is 0.271 e. The summed E-state index contributed by atoms with van der Waals surface area (Å²) in [5.74, 6) is 0.225. The highest BCUT2D eigenvalue weighted by atomic mass is 127. The van der Waals surface area contributed by atoms with Crippen molar-refractivity contribution in [2.45, 2.75) is 13.0 Å². The smallest absolute Gasteiger partial charge is 0.271 e. The molecule has 0 bridgehead atoms. The number of halogens is 3. The Hall–Kier alpha value is -2.47. The predicted octanol–water partition coefficient (Wildman–Crippen LogP) is 5.49. The molecule has 0 unspecified atom stereocenters. The Bertz CT molecular complexity index is 1640. The molecule has 1 atom stereocenters. The molecule has 3 heterocycles. The molecule has 0 radical (unpaired) electrons. The van der Waals surface area contributed by atoms with Gasteiger partial charge in [0.15, 0.2) is 8.57 Å². The summed E-state index contributed by atoms with van der Waals surface area (Å²) < 4.78 is 9.22. The first-order valence-corrected chi connectivity index (χ1v) is 13.5. The molecule has 0 saturated heterocycles. The first kappa shape index (κ1) is 24.2. The lowest BCUT2D eigenvalue weighted by Crippen LogP contribution is -2.40. The summed E-state index contributed by atoms with van der Waals surface area (Å²) >= 11 is 12.9. The van der Waals surface area contributed by atoms with Crippen molar-refractivity contribution in [1.82, 2.24) is 4.57 Å². The number of rotatable bonds is 4. The highest BCUT2D eigenvalue weighted by Crippen LogP contribution is 2.31. The second kappa shape index (κ2) is 9.88. The van der Waals surface area contributed by atoms with Gasteiger partial charge < -0.3 is 9.73 Å². The largest absolute Gasteiger partial charge is 0.450 e. The van der Waals surface area contributed by atoms with Gasteiger partial charge in [-0.2, -0.15) is 0 Å². The monoisotopic (exact) mass is 679 g/mol. The molecule has 4 aromatic rings. The molecule has 1 aliphatic heterocycles. The van der Waals surface area contributed by atoms with Crippen LogP contribution in [0, 0.1) is 3.77 Å². The molecule has 2 aromatic carbocycles. The number of para-hydroxylation sites is 1. The fraction of sp³-hybridized carbons (Fsp3) is 0.0800. The Morgan fingerprint density at radius 1 is 1.23 bits per heavy atom. The van der Waals surface area contributed by atoms with Crippen molar-refractivity contribution < 1.29 is 9.21 Å². The van der Waals surface area contributed by atoms with E-state index < -0.39 is 6.04 Å². The first-order valence-electron chi connectivity index (χ1n) is 10.4. The van der Waals surface area contributed by atoms with Crippen LogP contribution in [0.4, 0.5) is 5.69 Å². The summed E-state index contributed by atoms with van der Waals surface area (Å²) in [7, 11) is 0. The van der Waals surface area contributed by atoms with Crippen molar-refractivity contribution in [2.24, 2.45) is 4.99 Å². The number of hydrogen-bond donors (Lipinski definition) is 1. The van der Waals surface area contributed by atoms with E-state index in [9.17, 15) is 9.59 Å². The van der Waals surface area contributed by atoms with Gasteiger partial charge in [0.1, 0.15) is 5.76 Å². The van der Waals surface area contributed by atoms with Crippen LogP contribution in [0.2, 0.25) is 5.02 Å². The van der Waals surface area contributed by atoms with E-state index in [4.69, 9.17) is 16.0 Å². The van der Waals surface area contributed by atoms with Gasteiger partial charge in [0, 0.05) is 39.4 Å². The highest BCUT2D eigenvalue weighted by molar-refractivity contribution is 14.1. The second-order valence-corrected chi connectivity index (χ2v) is 11.0. The number of aromatic nitrogens is 1. The van der Waals surface area contributed by atoms with Gasteiger partial charge in [-0.05, 0) is 58.7 Å². The molecule has 1 amide bonds. The Balaban J connectivity index is 1.68. The molecule has 5 rings (SSSR count). The van der Waals surface area contributed by atoms with Crippen LogP contribution in [0.15, 0.2) is 90.6 Å². The van der Waals surface area contributed by atoms with E-state index in [0.717, 1.165) is 10.0 Å².